The van der Waals surface area contributed by atoms with E-state index < -0.39 is 0 Å². The smallest absolute Gasteiger partial charge is 0.255 e. The number of hydrogen-bond acceptors (Lipinski definition) is 5. The molecule has 3 aromatic heterocycles. The third-order valence-electron chi connectivity index (χ3n) is 4.33. The second-order valence-corrected chi connectivity index (χ2v) is 6.10. The van der Waals surface area contributed by atoms with Crippen molar-refractivity contribution in [1.29, 1.82) is 0 Å². The first-order valence-electron chi connectivity index (χ1n) is 7.94. The van der Waals surface area contributed by atoms with Crippen LogP contribution in [0.4, 0.5) is 0 Å². The molecule has 1 N–H and O–H groups in total. The quantitative estimate of drug-likeness (QED) is 0.788. The van der Waals surface area contributed by atoms with Crippen LogP contribution < -0.4 is 5.32 Å². The third kappa shape index (κ3) is 2.78. The number of pyridine rings is 1. The van der Waals surface area contributed by atoms with Crippen LogP contribution >= 0.6 is 0 Å². The Hall–Kier alpha value is -2.67. The molecular weight excluding hydrogens is 308 g/mol. The minimum atomic E-state index is -0.134. The molecule has 0 aliphatic carbocycles. The first-order chi connectivity index (χ1) is 11.7. The lowest BCUT2D eigenvalue weighted by Gasteiger charge is -2.17. The van der Waals surface area contributed by atoms with E-state index in [1.165, 1.54) is 0 Å². The predicted molar refractivity (Wildman–Crippen MR) is 85.7 cm³/mol. The molecule has 2 atom stereocenters. The molecule has 0 unspecified atom stereocenters. The Bertz CT molecular complexity index is 869. The summed E-state index contributed by atoms with van der Waals surface area (Å²) in [7, 11) is 0. The molecule has 24 heavy (non-hydrogen) atoms. The second kappa shape index (κ2) is 6.09. The van der Waals surface area contributed by atoms with Crippen molar-refractivity contribution < 1.29 is 14.1 Å². The van der Waals surface area contributed by atoms with Crippen molar-refractivity contribution >= 4 is 11.4 Å². The summed E-state index contributed by atoms with van der Waals surface area (Å²) < 4.78 is 12.5. The number of fused-ring (bicyclic) bond motifs is 1. The molecule has 0 saturated carbocycles. The Morgan fingerprint density at radius 3 is 3.17 bits per heavy atom. The molecule has 0 aromatic carbocycles. The van der Waals surface area contributed by atoms with E-state index in [1.807, 2.05) is 37.4 Å². The number of hydrogen-bond donors (Lipinski definition) is 1. The van der Waals surface area contributed by atoms with Gasteiger partial charge in [-0.3, -0.25) is 4.79 Å². The minimum absolute atomic E-state index is 0.0541. The summed E-state index contributed by atoms with van der Waals surface area (Å²) in [6.45, 7) is 2.99. The second-order valence-electron chi connectivity index (χ2n) is 6.10. The fourth-order valence-corrected chi connectivity index (χ4v) is 3.09. The number of nitrogens with one attached hydrogen (secondary N) is 1. The fraction of sp³-hybridized carbons (Fsp3) is 0.353. The van der Waals surface area contributed by atoms with Crippen molar-refractivity contribution in [3.05, 3.63) is 53.7 Å². The number of carbonyl (C=O) groups is 1. The Morgan fingerprint density at radius 2 is 2.33 bits per heavy atom. The van der Waals surface area contributed by atoms with Crippen LogP contribution in [-0.4, -0.2) is 39.9 Å². The number of nitrogens with zero attached hydrogens (tertiary/aromatic N) is 3. The Kier molecular flexibility index (Phi) is 3.78. The highest BCUT2D eigenvalue weighted by molar-refractivity contribution is 6.00. The minimum Gasteiger partial charge on any atom is -0.379 e. The number of ether oxygens (including phenoxy) is 1. The predicted octanol–water partition coefficient (Wildman–Crippen LogP) is 1.62. The van der Waals surface area contributed by atoms with Gasteiger partial charge >= 0.3 is 0 Å². The molecule has 4 heterocycles. The lowest BCUT2D eigenvalue weighted by Crippen LogP contribution is -2.40. The number of rotatable bonds is 4. The maximum atomic E-state index is 12.6. The highest BCUT2D eigenvalue weighted by Crippen LogP contribution is 2.20. The van der Waals surface area contributed by atoms with Gasteiger partial charge < -0.3 is 14.6 Å². The molecule has 124 valence electrons. The van der Waals surface area contributed by atoms with Gasteiger partial charge in [-0.2, -0.15) is 5.10 Å². The zero-order chi connectivity index (χ0) is 16.5. The van der Waals surface area contributed by atoms with Gasteiger partial charge in [-0.05, 0) is 19.1 Å². The number of aryl methyl sites for hydroxylation is 1. The molecule has 4 rings (SSSR count). The van der Waals surface area contributed by atoms with E-state index in [9.17, 15) is 4.79 Å². The van der Waals surface area contributed by atoms with Crippen molar-refractivity contribution in [2.75, 3.05) is 13.2 Å². The van der Waals surface area contributed by atoms with E-state index in [0.717, 1.165) is 17.0 Å². The lowest BCUT2D eigenvalue weighted by atomic mass is 9.98. The topological polar surface area (TPSA) is 81.7 Å². The van der Waals surface area contributed by atoms with Gasteiger partial charge in [0, 0.05) is 24.6 Å². The van der Waals surface area contributed by atoms with Gasteiger partial charge in [0.15, 0.2) is 0 Å². The number of aromatic nitrogens is 3. The van der Waals surface area contributed by atoms with Gasteiger partial charge in [0.25, 0.3) is 5.91 Å². The zero-order valence-corrected chi connectivity index (χ0v) is 13.3. The monoisotopic (exact) mass is 326 g/mol. The van der Waals surface area contributed by atoms with Crippen LogP contribution in [0.15, 0.2) is 41.2 Å². The Balaban J connectivity index is 1.48. The Labute approximate surface area is 138 Å². The largest absolute Gasteiger partial charge is 0.379 e. The fourth-order valence-electron chi connectivity index (χ4n) is 3.09. The van der Waals surface area contributed by atoms with E-state index in [0.29, 0.717) is 25.2 Å². The van der Waals surface area contributed by atoms with Gasteiger partial charge in [0.1, 0.15) is 5.76 Å². The Morgan fingerprint density at radius 1 is 1.42 bits per heavy atom. The van der Waals surface area contributed by atoms with E-state index in [4.69, 9.17) is 9.26 Å². The summed E-state index contributed by atoms with van der Waals surface area (Å²) >= 11 is 0. The number of amides is 1. The van der Waals surface area contributed by atoms with E-state index in [1.54, 1.807) is 10.7 Å². The highest BCUT2D eigenvalue weighted by Gasteiger charge is 2.31. The van der Waals surface area contributed by atoms with Crippen LogP contribution in [0, 0.1) is 12.8 Å². The highest BCUT2D eigenvalue weighted by atomic mass is 16.5. The molecule has 1 amide bonds. The van der Waals surface area contributed by atoms with Crippen LogP contribution in [0.25, 0.3) is 5.52 Å². The van der Waals surface area contributed by atoms with Crippen LogP contribution in [0.1, 0.15) is 21.8 Å². The average molecular weight is 326 g/mol. The van der Waals surface area contributed by atoms with Crippen molar-refractivity contribution in [2.45, 2.75) is 19.4 Å². The van der Waals surface area contributed by atoms with Crippen molar-refractivity contribution in [3.8, 4) is 0 Å². The maximum Gasteiger partial charge on any atom is 0.255 e. The molecule has 7 heteroatoms. The third-order valence-corrected chi connectivity index (χ3v) is 4.33. The molecule has 3 aromatic rings. The first kappa shape index (κ1) is 14.9. The molecule has 0 spiro atoms. The molecular formula is C17H18N4O3. The van der Waals surface area contributed by atoms with Crippen molar-refractivity contribution in [1.82, 2.24) is 20.1 Å². The van der Waals surface area contributed by atoms with E-state index >= 15 is 0 Å². The van der Waals surface area contributed by atoms with Crippen molar-refractivity contribution in [3.63, 3.8) is 0 Å². The normalized spacial score (nSPS) is 20.5. The molecule has 7 nitrogen and oxygen atoms in total. The van der Waals surface area contributed by atoms with E-state index in [-0.39, 0.29) is 17.9 Å². The van der Waals surface area contributed by atoms with Crippen LogP contribution in [-0.2, 0) is 11.2 Å². The van der Waals surface area contributed by atoms with Crippen molar-refractivity contribution in [2.24, 2.45) is 5.92 Å². The summed E-state index contributed by atoms with van der Waals surface area (Å²) in [6, 6.07) is 7.51. The van der Waals surface area contributed by atoms with Gasteiger partial charge in [-0.25, -0.2) is 4.52 Å². The van der Waals surface area contributed by atoms with Gasteiger partial charge in [-0.15, -0.1) is 0 Å². The maximum absolute atomic E-state index is 12.6. The first-order valence-corrected chi connectivity index (χ1v) is 7.94. The molecule has 1 aliphatic rings. The van der Waals surface area contributed by atoms with Crippen LogP contribution in [0.3, 0.4) is 0 Å². The summed E-state index contributed by atoms with van der Waals surface area (Å²) in [5.74, 6) is 0.854. The lowest BCUT2D eigenvalue weighted by molar-refractivity contribution is 0.0926. The summed E-state index contributed by atoms with van der Waals surface area (Å²) in [5, 5.41) is 11.2. The SMILES string of the molecule is Cc1cc(C[C@@H]2COC[C@@H]2NC(=O)c2cnn3ccccc23)on1. The summed E-state index contributed by atoms with van der Waals surface area (Å²) in [5.41, 5.74) is 2.21. The standard InChI is InChI=1S/C17H18N4O3/c1-11-6-13(24-20-11)7-12-9-23-10-15(12)19-17(22)14-8-18-21-5-3-2-4-16(14)21/h2-6,8,12,15H,7,9-10H2,1H3,(H,19,22)/t12-,15+/m1/s1. The van der Waals surface area contributed by atoms with Gasteiger partial charge in [0.2, 0.25) is 0 Å². The van der Waals surface area contributed by atoms with E-state index in [2.05, 4.69) is 15.6 Å². The van der Waals surface area contributed by atoms with Crippen LogP contribution in [0.2, 0.25) is 0 Å². The zero-order valence-electron chi connectivity index (χ0n) is 13.3. The van der Waals surface area contributed by atoms with Gasteiger partial charge in [-0.1, -0.05) is 11.2 Å². The van der Waals surface area contributed by atoms with Gasteiger partial charge in [0.05, 0.1) is 42.2 Å². The molecule has 1 aliphatic heterocycles. The van der Waals surface area contributed by atoms with Crippen LogP contribution in [0.5, 0.6) is 0 Å². The molecule has 0 radical (unpaired) electrons. The molecule has 1 saturated heterocycles. The number of carbonyl (C=O) groups excluding carboxylic acids is 1. The summed E-state index contributed by atoms with van der Waals surface area (Å²) in [6.07, 6.45) is 4.11. The molecule has 0 bridgehead atoms. The average Bonchev–Trinajstić information content (AvgIpc) is 3.28. The molecule has 1 fully saturated rings. The summed E-state index contributed by atoms with van der Waals surface area (Å²) in [4.78, 5) is 12.6.